The number of rotatable bonds is 11. The molecule has 38 heavy (non-hydrogen) atoms. The molecule has 4 aromatic carbocycles. The Balaban J connectivity index is 1.68. The van der Waals surface area contributed by atoms with E-state index < -0.39 is 0 Å². The van der Waals surface area contributed by atoms with Crippen LogP contribution in [0, 0.1) is 13.8 Å². The largest absolute Gasteiger partial charge is 0.396 e. The van der Waals surface area contributed by atoms with Gasteiger partial charge in [0, 0.05) is 35.7 Å². The topological polar surface area (TPSA) is 43.7 Å². The van der Waals surface area contributed by atoms with Crippen LogP contribution < -0.4 is 4.90 Å². The van der Waals surface area contributed by atoms with Gasteiger partial charge >= 0.3 is 0 Å². The van der Waals surface area contributed by atoms with Crippen molar-refractivity contribution in [2.24, 2.45) is 0 Å². The van der Waals surface area contributed by atoms with Crippen LogP contribution in [0.3, 0.4) is 0 Å². The molecule has 0 heterocycles. The Morgan fingerprint density at radius 2 is 1.05 bits per heavy atom. The second kappa shape index (κ2) is 11.6. The van der Waals surface area contributed by atoms with Crippen LogP contribution in [0.2, 0.25) is 0 Å². The molecule has 0 aliphatic heterocycles. The molecule has 5 rings (SSSR count). The van der Waals surface area contributed by atoms with Crippen LogP contribution >= 0.6 is 0 Å². The molecular weight excluding hydrogens is 466 g/mol. The van der Waals surface area contributed by atoms with Gasteiger partial charge in [0.15, 0.2) is 0 Å². The van der Waals surface area contributed by atoms with Gasteiger partial charge in [-0.05, 0) is 111 Å². The Kier molecular flexibility index (Phi) is 7.97. The quantitative estimate of drug-likeness (QED) is 0.201. The van der Waals surface area contributed by atoms with Gasteiger partial charge in [0.05, 0.1) is 0 Å². The summed E-state index contributed by atoms with van der Waals surface area (Å²) in [5.41, 5.74) is 11.2. The van der Waals surface area contributed by atoms with Crippen LogP contribution in [0.15, 0.2) is 91.0 Å². The number of hydrogen-bond acceptors (Lipinski definition) is 3. The number of fused-ring (bicyclic) bond motifs is 3. The molecule has 196 valence electrons. The summed E-state index contributed by atoms with van der Waals surface area (Å²) in [7, 11) is 0. The van der Waals surface area contributed by atoms with Gasteiger partial charge in [-0.25, -0.2) is 0 Å². The lowest BCUT2D eigenvalue weighted by atomic mass is 9.70. The first-order valence-corrected chi connectivity index (χ1v) is 14.0. The van der Waals surface area contributed by atoms with Crippen molar-refractivity contribution in [1.29, 1.82) is 0 Å². The average Bonchev–Trinajstić information content (AvgIpc) is 3.21. The Morgan fingerprint density at radius 3 is 1.61 bits per heavy atom. The number of aryl methyl sites for hydroxylation is 2. The summed E-state index contributed by atoms with van der Waals surface area (Å²) >= 11 is 0. The molecule has 4 aromatic rings. The van der Waals surface area contributed by atoms with Gasteiger partial charge in [-0.1, -0.05) is 65.7 Å². The van der Waals surface area contributed by atoms with Crippen LogP contribution in [-0.2, 0) is 5.41 Å². The predicted molar refractivity (Wildman–Crippen MR) is 159 cm³/mol. The minimum atomic E-state index is -0.126. The summed E-state index contributed by atoms with van der Waals surface area (Å²) < 4.78 is 0. The highest BCUT2D eigenvalue weighted by atomic mass is 16.3. The summed E-state index contributed by atoms with van der Waals surface area (Å²) in [5, 5.41) is 19.2. The third kappa shape index (κ3) is 5.01. The van der Waals surface area contributed by atoms with Crippen molar-refractivity contribution < 1.29 is 10.2 Å². The van der Waals surface area contributed by atoms with E-state index in [9.17, 15) is 10.2 Å². The van der Waals surface area contributed by atoms with Gasteiger partial charge in [-0.3, -0.25) is 0 Å². The van der Waals surface area contributed by atoms with E-state index in [-0.39, 0.29) is 18.6 Å². The van der Waals surface area contributed by atoms with E-state index in [2.05, 4.69) is 110 Å². The Hall–Kier alpha value is -3.40. The monoisotopic (exact) mass is 505 g/mol. The highest BCUT2D eigenvalue weighted by Crippen LogP contribution is 2.55. The molecule has 0 unspecified atom stereocenters. The second-order valence-corrected chi connectivity index (χ2v) is 10.7. The van der Waals surface area contributed by atoms with Gasteiger partial charge in [-0.15, -0.1) is 0 Å². The third-order valence-corrected chi connectivity index (χ3v) is 8.12. The van der Waals surface area contributed by atoms with E-state index in [1.54, 1.807) is 0 Å². The third-order valence-electron chi connectivity index (χ3n) is 8.12. The molecule has 0 amide bonds. The number of aliphatic hydroxyl groups excluding tert-OH is 2. The van der Waals surface area contributed by atoms with Crippen molar-refractivity contribution in [3.05, 3.63) is 113 Å². The van der Waals surface area contributed by atoms with E-state index in [1.165, 1.54) is 33.4 Å². The first-order chi connectivity index (χ1) is 18.6. The fourth-order valence-electron chi connectivity index (χ4n) is 6.16. The molecule has 1 aliphatic rings. The van der Waals surface area contributed by atoms with Crippen LogP contribution in [0.1, 0.15) is 60.8 Å². The molecule has 0 spiro atoms. The van der Waals surface area contributed by atoms with E-state index in [0.29, 0.717) is 0 Å². The standard InChI is InChI=1S/C35H39NO2/c1-26-11-15-28(16-12-26)36(29-17-13-27(2)14-18-29)30-19-20-32-31-9-3-4-10-33(31)35(34(32)25-30,21-5-7-23-37)22-6-8-24-38/h3-4,9-20,25,37-38H,5-8,21-24H2,1-2H3. The molecule has 0 bridgehead atoms. The SMILES string of the molecule is Cc1ccc(N(c2ccc(C)cc2)c2ccc3c(c2)C(CCCCO)(CCCCO)c2ccccc2-3)cc1. The zero-order valence-electron chi connectivity index (χ0n) is 22.7. The molecular formula is C35H39NO2. The van der Waals surface area contributed by atoms with E-state index in [4.69, 9.17) is 0 Å². The van der Waals surface area contributed by atoms with Gasteiger partial charge < -0.3 is 15.1 Å². The molecule has 2 N–H and O–H groups in total. The van der Waals surface area contributed by atoms with E-state index in [0.717, 1.165) is 55.6 Å². The number of hydrogen-bond donors (Lipinski definition) is 2. The number of nitrogens with zero attached hydrogens (tertiary/aromatic N) is 1. The van der Waals surface area contributed by atoms with Gasteiger partial charge in [-0.2, -0.15) is 0 Å². The molecule has 0 fully saturated rings. The molecule has 0 saturated heterocycles. The first-order valence-electron chi connectivity index (χ1n) is 14.0. The second-order valence-electron chi connectivity index (χ2n) is 10.7. The molecule has 3 nitrogen and oxygen atoms in total. The fraction of sp³-hybridized carbons (Fsp3) is 0.314. The molecule has 3 heteroatoms. The zero-order chi connectivity index (χ0) is 26.5. The smallest absolute Gasteiger partial charge is 0.0465 e. The van der Waals surface area contributed by atoms with E-state index >= 15 is 0 Å². The number of unbranched alkanes of at least 4 members (excludes halogenated alkanes) is 2. The highest BCUT2D eigenvalue weighted by Gasteiger charge is 2.42. The molecule has 0 atom stereocenters. The van der Waals surface area contributed by atoms with Crippen LogP contribution in [-0.4, -0.2) is 23.4 Å². The number of aliphatic hydroxyl groups is 2. The summed E-state index contributed by atoms with van der Waals surface area (Å²) in [5.74, 6) is 0. The van der Waals surface area contributed by atoms with Crippen LogP contribution in [0.5, 0.6) is 0 Å². The zero-order valence-corrected chi connectivity index (χ0v) is 22.7. The predicted octanol–water partition coefficient (Wildman–Crippen LogP) is 8.36. The maximum atomic E-state index is 9.60. The summed E-state index contributed by atoms with van der Waals surface area (Å²) in [6.45, 7) is 4.69. The molecule has 0 radical (unpaired) electrons. The maximum absolute atomic E-state index is 9.60. The van der Waals surface area contributed by atoms with Crippen molar-refractivity contribution >= 4 is 17.1 Å². The fourth-order valence-corrected chi connectivity index (χ4v) is 6.16. The summed E-state index contributed by atoms with van der Waals surface area (Å²) in [4.78, 5) is 2.36. The van der Waals surface area contributed by atoms with Gasteiger partial charge in [0.25, 0.3) is 0 Å². The van der Waals surface area contributed by atoms with Crippen LogP contribution in [0.4, 0.5) is 17.1 Å². The van der Waals surface area contributed by atoms with Crippen molar-refractivity contribution in [3.63, 3.8) is 0 Å². The van der Waals surface area contributed by atoms with Gasteiger partial charge in [0.2, 0.25) is 0 Å². The van der Waals surface area contributed by atoms with Crippen molar-refractivity contribution in [1.82, 2.24) is 0 Å². The van der Waals surface area contributed by atoms with E-state index in [1.807, 2.05) is 0 Å². The maximum Gasteiger partial charge on any atom is 0.0465 e. The van der Waals surface area contributed by atoms with Gasteiger partial charge in [0.1, 0.15) is 0 Å². The number of benzene rings is 4. The molecule has 1 aliphatic carbocycles. The lowest BCUT2D eigenvalue weighted by Gasteiger charge is -2.34. The normalized spacial score (nSPS) is 13.3. The summed E-state index contributed by atoms with van der Waals surface area (Å²) in [6, 6.07) is 33.3. The molecule has 0 aromatic heterocycles. The highest BCUT2D eigenvalue weighted by molar-refractivity contribution is 5.85. The van der Waals surface area contributed by atoms with Crippen molar-refractivity contribution in [3.8, 4) is 11.1 Å². The first kappa shape index (κ1) is 26.2. The Morgan fingerprint density at radius 1 is 0.553 bits per heavy atom. The summed E-state index contributed by atoms with van der Waals surface area (Å²) in [6.07, 6.45) is 5.51. The minimum absolute atomic E-state index is 0.126. The Bertz CT molecular complexity index is 1300. The molecule has 0 saturated carbocycles. The lowest BCUT2D eigenvalue weighted by Crippen LogP contribution is -2.26. The van der Waals surface area contributed by atoms with Crippen molar-refractivity contribution in [2.45, 2.75) is 57.8 Å². The number of anilines is 3. The Labute approximate surface area is 227 Å². The average molecular weight is 506 g/mol. The van der Waals surface area contributed by atoms with Crippen LogP contribution in [0.25, 0.3) is 11.1 Å². The van der Waals surface area contributed by atoms with Crippen molar-refractivity contribution in [2.75, 3.05) is 18.1 Å². The lowest BCUT2D eigenvalue weighted by molar-refractivity contribution is 0.266. The minimum Gasteiger partial charge on any atom is -0.396 e.